The molecule has 0 aliphatic heterocycles. The molecule has 22 heavy (non-hydrogen) atoms. The van der Waals surface area contributed by atoms with E-state index in [4.69, 9.17) is 0 Å². The van der Waals surface area contributed by atoms with Crippen molar-refractivity contribution in [1.82, 2.24) is 15.6 Å². The number of aliphatic hydroxyl groups is 1. The minimum Gasteiger partial charge on any atom is -0.390 e. The van der Waals surface area contributed by atoms with Gasteiger partial charge in [0.2, 0.25) is 0 Å². The lowest BCUT2D eigenvalue weighted by atomic mass is 10.1. The molecule has 3 N–H and O–H groups in total. The summed E-state index contributed by atoms with van der Waals surface area (Å²) in [6, 6.07) is 7.17. The van der Waals surface area contributed by atoms with E-state index in [2.05, 4.69) is 22.5 Å². The fourth-order valence-electron chi connectivity index (χ4n) is 2.69. The number of nitrogens with one attached hydrogen (secondary N) is 2. The van der Waals surface area contributed by atoms with Gasteiger partial charge in [-0.25, -0.2) is 9.78 Å². The van der Waals surface area contributed by atoms with Crippen LogP contribution in [0.2, 0.25) is 0 Å². The van der Waals surface area contributed by atoms with Crippen LogP contribution in [0.3, 0.4) is 0 Å². The van der Waals surface area contributed by atoms with E-state index in [0.717, 1.165) is 22.6 Å². The summed E-state index contributed by atoms with van der Waals surface area (Å²) in [4.78, 5) is 17.5. The van der Waals surface area contributed by atoms with Gasteiger partial charge in [-0.2, -0.15) is 0 Å². The van der Waals surface area contributed by atoms with Crippen LogP contribution in [0.15, 0.2) is 30.5 Å². The SMILES string of the molecule is CCc1cnc(CNC(=O)NC2c3ccccc3CC2O)s1. The standard InChI is InChI=1S/C16H19N3O2S/c1-2-11-8-17-14(22-11)9-18-16(21)19-15-12-6-4-3-5-10(12)7-13(15)20/h3-6,8,13,15,20H,2,7,9H2,1H3,(H2,18,19,21). The summed E-state index contributed by atoms with van der Waals surface area (Å²) >= 11 is 1.60. The van der Waals surface area contributed by atoms with Crippen LogP contribution in [0.25, 0.3) is 0 Å². The third-order valence-corrected chi connectivity index (χ3v) is 4.98. The van der Waals surface area contributed by atoms with E-state index in [-0.39, 0.29) is 12.1 Å². The number of rotatable bonds is 4. The van der Waals surface area contributed by atoms with Gasteiger partial charge in [0.15, 0.2) is 0 Å². The molecule has 5 nitrogen and oxygen atoms in total. The van der Waals surface area contributed by atoms with Gasteiger partial charge in [0.05, 0.1) is 18.7 Å². The Balaban J connectivity index is 1.58. The van der Waals surface area contributed by atoms with Crippen molar-refractivity contribution >= 4 is 17.4 Å². The second-order valence-corrected chi connectivity index (χ2v) is 6.55. The molecule has 6 heteroatoms. The molecule has 0 spiro atoms. The normalized spacial score (nSPS) is 19.7. The van der Waals surface area contributed by atoms with Gasteiger partial charge in [0, 0.05) is 17.5 Å². The van der Waals surface area contributed by atoms with E-state index in [1.54, 1.807) is 11.3 Å². The van der Waals surface area contributed by atoms with Crippen LogP contribution in [0.1, 0.15) is 34.0 Å². The maximum absolute atomic E-state index is 12.0. The van der Waals surface area contributed by atoms with Gasteiger partial charge in [-0.3, -0.25) is 0 Å². The highest BCUT2D eigenvalue weighted by Gasteiger charge is 2.31. The minimum atomic E-state index is -0.574. The average Bonchev–Trinajstić information content (AvgIpc) is 3.10. The number of hydrogen-bond acceptors (Lipinski definition) is 4. The van der Waals surface area contributed by atoms with Crippen molar-refractivity contribution in [2.24, 2.45) is 0 Å². The fourth-order valence-corrected chi connectivity index (χ4v) is 3.49. The van der Waals surface area contributed by atoms with Gasteiger partial charge < -0.3 is 15.7 Å². The summed E-state index contributed by atoms with van der Waals surface area (Å²) in [6.07, 6.45) is 2.80. The molecule has 2 unspecified atom stereocenters. The topological polar surface area (TPSA) is 74.2 Å². The summed E-state index contributed by atoms with van der Waals surface area (Å²) in [5, 5.41) is 16.7. The summed E-state index contributed by atoms with van der Waals surface area (Å²) < 4.78 is 0. The van der Waals surface area contributed by atoms with Gasteiger partial charge in [0.25, 0.3) is 0 Å². The molecule has 1 aliphatic carbocycles. The molecule has 0 fully saturated rings. The predicted molar refractivity (Wildman–Crippen MR) is 85.8 cm³/mol. The van der Waals surface area contributed by atoms with Gasteiger partial charge in [-0.05, 0) is 17.5 Å². The highest BCUT2D eigenvalue weighted by atomic mass is 32.1. The number of urea groups is 1. The molecule has 1 heterocycles. The third kappa shape index (κ3) is 3.13. The molecule has 1 aromatic carbocycles. The summed E-state index contributed by atoms with van der Waals surface area (Å²) in [5.41, 5.74) is 2.08. The smallest absolute Gasteiger partial charge is 0.315 e. The molecule has 0 saturated heterocycles. The number of nitrogens with zero attached hydrogens (tertiary/aromatic N) is 1. The van der Waals surface area contributed by atoms with Gasteiger partial charge in [0.1, 0.15) is 5.01 Å². The molecule has 0 saturated carbocycles. The van der Waals surface area contributed by atoms with Crippen molar-refractivity contribution in [1.29, 1.82) is 0 Å². The van der Waals surface area contributed by atoms with Gasteiger partial charge in [-0.1, -0.05) is 31.2 Å². The van der Waals surface area contributed by atoms with Crippen molar-refractivity contribution in [2.75, 3.05) is 0 Å². The molecule has 1 aromatic heterocycles. The maximum Gasteiger partial charge on any atom is 0.315 e. The fraction of sp³-hybridized carbons (Fsp3) is 0.375. The summed E-state index contributed by atoms with van der Waals surface area (Å²) in [5.74, 6) is 0. The first-order valence-electron chi connectivity index (χ1n) is 7.41. The molecule has 2 aromatic rings. The van der Waals surface area contributed by atoms with Crippen molar-refractivity contribution < 1.29 is 9.90 Å². The van der Waals surface area contributed by atoms with Gasteiger partial charge in [-0.15, -0.1) is 11.3 Å². The third-order valence-electron chi connectivity index (χ3n) is 3.84. The highest BCUT2D eigenvalue weighted by Crippen LogP contribution is 2.31. The van der Waals surface area contributed by atoms with Crippen LogP contribution in [-0.2, 0) is 19.4 Å². The van der Waals surface area contributed by atoms with Crippen LogP contribution in [-0.4, -0.2) is 22.2 Å². The van der Waals surface area contributed by atoms with Crippen LogP contribution >= 0.6 is 11.3 Å². The lowest BCUT2D eigenvalue weighted by Crippen LogP contribution is -2.40. The van der Waals surface area contributed by atoms with Crippen LogP contribution in [0.4, 0.5) is 4.79 Å². The van der Waals surface area contributed by atoms with Crippen LogP contribution in [0, 0.1) is 0 Å². The van der Waals surface area contributed by atoms with Gasteiger partial charge >= 0.3 is 6.03 Å². The maximum atomic E-state index is 12.0. The lowest BCUT2D eigenvalue weighted by molar-refractivity contribution is 0.142. The number of carbonyl (C=O) groups excluding carboxylic acids is 1. The van der Waals surface area contributed by atoms with E-state index >= 15 is 0 Å². The zero-order chi connectivity index (χ0) is 15.5. The molecule has 0 radical (unpaired) electrons. The number of carbonyl (C=O) groups is 1. The zero-order valence-electron chi connectivity index (χ0n) is 12.4. The molecule has 2 amide bonds. The number of aliphatic hydroxyl groups excluding tert-OH is 1. The Morgan fingerprint density at radius 3 is 3.05 bits per heavy atom. The summed E-state index contributed by atoms with van der Waals surface area (Å²) in [6.45, 7) is 2.48. The first-order valence-corrected chi connectivity index (χ1v) is 8.23. The molecule has 0 bridgehead atoms. The second kappa shape index (κ2) is 6.46. The van der Waals surface area contributed by atoms with E-state index in [9.17, 15) is 9.90 Å². The van der Waals surface area contributed by atoms with E-state index < -0.39 is 6.10 Å². The Bertz CT molecular complexity index is 671. The Morgan fingerprint density at radius 2 is 2.27 bits per heavy atom. The number of benzene rings is 1. The number of thiazole rings is 1. The monoisotopic (exact) mass is 317 g/mol. The Morgan fingerprint density at radius 1 is 1.45 bits per heavy atom. The quantitative estimate of drug-likeness (QED) is 0.809. The molecule has 116 valence electrons. The van der Waals surface area contributed by atoms with Crippen molar-refractivity contribution in [3.05, 3.63) is 51.5 Å². The number of amides is 2. The zero-order valence-corrected chi connectivity index (χ0v) is 13.2. The van der Waals surface area contributed by atoms with Crippen LogP contribution < -0.4 is 10.6 Å². The Hall–Kier alpha value is -1.92. The second-order valence-electron chi connectivity index (χ2n) is 5.35. The van der Waals surface area contributed by atoms with Crippen molar-refractivity contribution in [3.8, 4) is 0 Å². The number of fused-ring (bicyclic) bond motifs is 1. The summed E-state index contributed by atoms with van der Waals surface area (Å²) in [7, 11) is 0. The highest BCUT2D eigenvalue weighted by molar-refractivity contribution is 7.11. The Kier molecular flexibility index (Phi) is 4.40. The van der Waals surface area contributed by atoms with Crippen LogP contribution in [0.5, 0.6) is 0 Å². The number of aromatic nitrogens is 1. The number of hydrogen-bond donors (Lipinski definition) is 3. The number of aryl methyl sites for hydroxylation is 1. The van der Waals surface area contributed by atoms with E-state index in [1.807, 2.05) is 30.5 Å². The molecule has 2 atom stereocenters. The molecular formula is C16H19N3O2S. The van der Waals surface area contributed by atoms with Crippen molar-refractivity contribution in [3.63, 3.8) is 0 Å². The average molecular weight is 317 g/mol. The van der Waals surface area contributed by atoms with Crippen molar-refractivity contribution in [2.45, 2.75) is 38.5 Å². The largest absolute Gasteiger partial charge is 0.390 e. The lowest BCUT2D eigenvalue weighted by Gasteiger charge is -2.18. The van der Waals surface area contributed by atoms with E-state index in [1.165, 1.54) is 4.88 Å². The molecule has 1 aliphatic rings. The molecule has 3 rings (SSSR count). The first kappa shape index (κ1) is 15.0. The Labute approximate surface area is 133 Å². The van der Waals surface area contributed by atoms with E-state index in [0.29, 0.717) is 13.0 Å². The molecular weight excluding hydrogens is 298 g/mol. The minimum absolute atomic E-state index is 0.283. The predicted octanol–water partition coefficient (Wildman–Crippen LogP) is 2.16. The first-order chi connectivity index (χ1) is 10.7.